The Morgan fingerprint density at radius 2 is 1.89 bits per heavy atom. The molecule has 1 heterocycles. The number of rotatable bonds is 4. The van der Waals surface area contributed by atoms with Gasteiger partial charge in [-0.2, -0.15) is 0 Å². The van der Waals surface area contributed by atoms with E-state index in [2.05, 4.69) is 12.2 Å². The first-order chi connectivity index (χ1) is 9.16. The Bertz CT molecular complexity index is 413. The maximum Gasteiger partial charge on any atom is 0.236 e. The fourth-order valence-corrected chi connectivity index (χ4v) is 2.49. The van der Waals surface area contributed by atoms with Gasteiger partial charge in [0.25, 0.3) is 0 Å². The van der Waals surface area contributed by atoms with Crippen LogP contribution in [0.3, 0.4) is 0 Å². The van der Waals surface area contributed by atoms with Crippen molar-refractivity contribution in [2.45, 2.75) is 32.2 Å². The number of hydrogen-bond donors (Lipinski definition) is 1. The van der Waals surface area contributed by atoms with Gasteiger partial charge >= 0.3 is 0 Å². The van der Waals surface area contributed by atoms with E-state index in [1.165, 1.54) is 6.42 Å². The number of halogens is 1. The fraction of sp³-hybridized carbons (Fsp3) is 0.533. The molecule has 0 spiro atoms. The predicted octanol–water partition coefficient (Wildman–Crippen LogP) is 3.00. The summed E-state index contributed by atoms with van der Waals surface area (Å²) in [6.07, 6.45) is 3.52. The second kappa shape index (κ2) is 6.92. The summed E-state index contributed by atoms with van der Waals surface area (Å²) in [4.78, 5) is 14.0. The van der Waals surface area contributed by atoms with Gasteiger partial charge in [-0.15, -0.1) is 0 Å². The van der Waals surface area contributed by atoms with Crippen molar-refractivity contribution in [1.29, 1.82) is 0 Å². The summed E-state index contributed by atoms with van der Waals surface area (Å²) in [6.45, 7) is 4.29. The molecule has 0 aromatic heterocycles. The minimum atomic E-state index is 0.158. The van der Waals surface area contributed by atoms with Gasteiger partial charge in [-0.25, -0.2) is 0 Å². The molecule has 0 aliphatic carbocycles. The molecule has 0 unspecified atom stereocenters. The molecular weight excluding hydrogens is 260 g/mol. The van der Waals surface area contributed by atoms with Gasteiger partial charge in [0.1, 0.15) is 0 Å². The normalized spacial score (nSPS) is 17.3. The van der Waals surface area contributed by atoms with Gasteiger partial charge < -0.3 is 10.2 Å². The van der Waals surface area contributed by atoms with Gasteiger partial charge in [-0.05, 0) is 43.9 Å². The SMILES string of the molecule is C[C@@H](NCC(=O)N1CCCCC1)c1ccc(Cl)cc1. The van der Waals surface area contributed by atoms with E-state index in [1.807, 2.05) is 29.2 Å². The molecule has 0 radical (unpaired) electrons. The van der Waals surface area contributed by atoms with Crippen LogP contribution < -0.4 is 5.32 Å². The summed E-state index contributed by atoms with van der Waals surface area (Å²) >= 11 is 5.86. The maximum atomic E-state index is 12.0. The van der Waals surface area contributed by atoms with Gasteiger partial charge in [0.15, 0.2) is 0 Å². The summed E-state index contributed by atoms with van der Waals surface area (Å²) in [5.41, 5.74) is 1.15. The monoisotopic (exact) mass is 280 g/mol. The lowest BCUT2D eigenvalue weighted by Crippen LogP contribution is -2.41. The number of piperidine rings is 1. The zero-order chi connectivity index (χ0) is 13.7. The lowest BCUT2D eigenvalue weighted by Gasteiger charge is -2.27. The van der Waals surface area contributed by atoms with Crippen molar-refractivity contribution in [2.24, 2.45) is 0 Å². The van der Waals surface area contributed by atoms with Crippen molar-refractivity contribution in [3.8, 4) is 0 Å². The van der Waals surface area contributed by atoms with Crippen molar-refractivity contribution in [2.75, 3.05) is 19.6 Å². The van der Waals surface area contributed by atoms with Crippen molar-refractivity contribution in [1.82, 2.24) is 10.2 Å². The predicted molar refractivity (Wildman–Crippen MR) is 78.3 cm³/mol. The molecule has 1 amide bonds. The number of carbonyl (C=O) groups is 1. The van der Waals surface area contributed by atoms with E-state index in [4.69, 9.17) is 11.6 Å². The Morgan fingerprint density at radius 3 is 2.53 bits per heavy atom. The van der Waals surface area contributed by atoms with Crippen molar-refractivity contribution >= 4 is 17.5 Å². The van der Waals surface area contributed by atoms with E-state index in [9.17, 15) is 4.79 Å². The minimum Gasteiger partial charge on any atom is -0.342 e. The van der Waals surface area contributed by atoms with E-state index in [-0.39, 0.29) is 11.9 Å². The molecule has 0 saturated carbocycles. The Morgan fingerprint density at radius 1 is 1.26 bits per heavy atom. The largest absolute Gasteiger partial charge is 0.342 e. The van der Waals surface area contributed by atoms with E-state index >= 15 is 0 Å². The van der Waals surface area contributed by atoms with E-state index in [0.29, 0.717) is 6.54 Å². The highest BCUT2D eigenvalue weighted by Gasteiger charge is 2.16. The third-order valence-electron chi connectivity index (χ3n) is 3.64. The van der Waals surface area contributed by atoms with E-state index in [0.717, 1.165) is 36.5 Å². The molecule has 0 bridgehead atoms. The van der Waals surface area contributed by atoms with Crippen LogP contribution in [0.1, 0.15) is 37.8 Å². The van der Waals surface area contributed by atoms with Gasteiger partial charge in [0.05, 0.1) is 6.54 Å². The van der Waals surface area contributed by atoms with Crippen molar-refractivity contribution in [3.05, 3.63) is 34.9 Å². The number of likely N-dealkylation sites (tertiary alicyclic amines) is 1. The number of nitrogens with one attached hydrogen (secondary N) is 1. The van der Waals surface area contributed by atoms with Gasteiger partial charge in [-0.3, -0.25) is 4.79 Å². The van der Waals surface area contributed by atoms with Crippen molar-refractivity contribution in [3.63, 3.8) is 0 Å². The summed E-state index contributed by atoms with van der Waals surface area (Å²) in [5, 5.41) is 4.02. The number of benzene rings is 1. The van der Waals surface area contributed by atoms with Crippen LogP contribution in [0.5, 0.6) is 0 Å². The molecule has 1 aromatic rings. The molecule has 1 fully saturated rings. The first-order valence-electron chi connectivity index (χ1n) is 6.93. The number of hydrogen-bond acceptors (Lipinski definition) is 2. The highest BCUT2D eigenvalue weighted by Crippen LogP contribution is 2.16. The Hall–Kier alpha value is -1.06. The summed E-state index contributed by atoms with van der Waals surface area (Å²) in [7, 11) is 0. The molecular formula is C15H21ClN2O. The molecule has 3 nitrogen and oxygen atoms in total. The van der Waals surface area contributed by atoms with E-state index < -0.39 is 0 Å². The van der Waals surface area contributed by atoms with Crippen LogP contribution in [0.2, 0.25) is 5.02 Å². The quantitative estimate of drug-likeness (QED) is 0.920. The number of nitrogens with zero attached hydrogens (tertiary/aromatic N) is 1. The molecule has 4 heteroatoms. The first kappa shape index (κ1) is 14.4. The van der Waals surface area contributed by atoms with Gasteiger partial charge in [0.2, 0.25) is 5.91 Å². The second-order valence-electron chi connectivity index (χ2n) is 5.10. The lowest BCUT2D eigenvalue weighted by atomic mass is 10.1. The first-order valence-corrected chi connectivity index (χ1v) is 7.31. The van der Waals surface area contributed by atoms with Crippen molar-refractivity contribution < 1.29 is 4.79 Å². The summed E-state index contributed by atoms with van der Waals surface area (Å²) in [6, 6.07) is 7.89. The Kier molecular flexibility index (Phi) is 5.23. The third-order valence-corrected chi connectivity index (χ3v) is 3.89. The average molecular weight is 281 g/mol. The summed E-state index contributed by atoms with van der Waals surface area (Å²) < 4.78 is 0. The Balaban J connectivity index is 1.80. The molecule has 1 atom stereocenters. The molecule has 19 heavy (non-hydrogen) atoms. The lowest BCUT2D eigenvalue weighted by molar-refractivity contribution is -0.131. The molecule has 2 rings (SSSR count). The minimum absolute atomic E-state index is 0.158. The molecule has 104 valence electrons. The zero-order valence-electron chi connectivity index (χ0n) is 11.4. The van der Waals surface area contributed by atoms with Crippen LogP contribution in [0.4, 0.5) is 0 Å². The van der Waals surface area contributed by atoms with Crippen LogP contribution >= 0.6 is 11.6 Å². The molecule has 1 aromatic carbocycles. The number of carbonyl (C=O) groups excluding carboxylic acids is 1. The van der Waals surface area contributed by atoms with Crippen LogP contribution in [0.25, 0.3) is 0 Å². The number of amides is 1. The highest BCUT2D eigenvalue weighted by molar-refractivity contribution is 6.30. The highest BCUT2D eigenvalue weighted by atomic mass is 35.5. The maximum absolute atomic E-state index is 12.0. The van der Waals surface area contributed by atoms with E-state index in [1.54, 1.807) is 0 Å². The van der Waals surface area contributed by atoms with Crippen LogP contribution in [0, 0.1) is 0 Å². The molecule has 1 aliphatic heterocycles. The van der Waals surface area contributed by atoms with Gasteiger partial charge in [0, 0.05) is 24.2 Å². The summed E-state index contributed by atoms with van der Waals surface area (Å²) in [5.74, 6) is 0.209. The van der Waals surface area contributed by atoms with Crippen LogP contribution in [-0.4, -0.2) is 30.4 Å². The van der Waals surface area contributed by atoms with Crippen LogP contribution in [0.15, 0.2) is 24.3 Å². The zero-order valence-corrected chi connectivity index (χ0v) is 12.1. The molecule has 1 aliphatic rings. The standard InChI is InChI=1S/C15H21ClN2O/c1-12(13-5-7-14(16)8-6-13)17-11-15(19)18-9-3-2-4-10-18/h5-8,12,17H,2-4,9-11H2,1H3/t12-/m1/s1. The topological polar surface area (TPSA) is 32.3 Å². The average Bonchev–Trinajstić information content (AvgIpc) is 2.46. The molecule has 1 saturated heterocycles. The Labute approximate surface area is 119 Å². The van der Waals surface area contributed by atoms with Gasteiger partial charge in [-0.1, -0.05) is 23.7 Å². The smallest absolute Gasteiger partial charge is 0.236 e. The molecule has 1 N–H and O–H groups in total. The second-order valence-corrected chi connectivity index (χ2v) is 5.53. The van der Waals surface area contributed by atoms with Crippen LogP contribution in [-0.2, 0) is 4.79 Å². The fourth-order valence-electron chi connectivity index (χ4n) is 2.36. The third kappa shape index (κ3) is 4.22.